The van der Waals surface area contributed by atoms with Crippen LogP contribution in [0.3, 0.4) is 0 Å². The van der Waals surface area contributed by atoms with Gasteiger partial charge in [0.1, 0.15) is 0 Å². The largest absolute Gasteiger partial charge is 0.468 e. The summed E-state index contributed by atoms with van der Waals surface area (Å²) in [6, 6.07) is 6.27. The molecular weight excluding hydrogens is 234 g/mol. The zero-order valence-electron chi connectivity index (χ0n) is 10.0. The van der Waals surface area contributed by atoms with Crippen molar-refractivity contribution in [1.29, 1.82) is 0 Å². The van der Waals surface area contributed by atoms with Gasteiger partial charge in [0, 0.05) is 12.1 Å². The van der Waals surface area contributed by atoms with Crippen molar-refractivity contribution < 1.29 is 14.5 Å². The van der Waals surface area contributed by atoms with Gasteiger partial charge in [-0.1, -0.05) is 12.1 Å². The molecule has 0 heterocycles. The van der Waals surface area contributed by atoms with Gasteiger partial charge < -0.3 is 4.74 Å². The Bertz CT molecular complexity index is 532. The zero-order chi connectivity index (χ0) is 13.0. The molecule has 2 aliphatic carbocycles. The third kappa shape index (κ3) is 1.24. The first kappa shape index (κ1) is 11.2. The first-order valence-corrected chi connectivity index (χ1v) is 5.89. The number of ether oxygens (including phenoxy) is 1. The second-order valence-corrected chi connectivity index (χ2v) is 5.16. The number of hydrogen-bond donors (Lipinski definition) is 0. The number of hydrogen-bond acceptors (Lipinski definition) is 4. The van der Waals surface area contributed by atoms with E-state index < -0.39 is 10.3 Å². The molecule has 1 aromatic carbocycles. The monoisotopic (exact) mass is 247 g/mol. The summed E-state index contributed by atoms with van der Waals surface area (Å²) in [5.41, 5.74) is 0.425. The lowest BCUT2D eigenvalue weighted by Crippen LogP contribution is -2.25. The van der Waals surface area contributed by atoms with Gasteiger partial charge in [-0.2, -0.15) is 0 Å². The SMILES string of the molecule is COC(=O)C1(c2ccc([N+](=O)[O-])cc2)CC12CC2. The smallest absolute Gasteiger partial charge is 0.316 e. The molecule has 1 aromatic rings. The number of nitrogens with zero attached hydrogens (tertiary/aromatic N) is 1. The normalized spacial score (nSPS) is 26.7. The van der Waals surface area contributed by atoms with Crippen LogP contribution in [0.5, 0.6) is 0 Å². The van der Waals surface area contributed by atoms with E-state index in [1.165, 1.54) is 19.2 Å². The molecule has 2 fully saturated rings. The number of methoxy groups -OCH3 is 1. The second-order valence-electron chi connectivity index (χ2n) is 5.16. The highest BCUT2D eigenvalue weighted by Crippen LogP contribution is 2.79. The Balaban J connectivity index is 1.98. The van der Waals surface area contributed by atoms with Crippen molar-refractivity contribution in [2.75, 3.05) is 7.11 Å². The molecule has 0 amide bonds. The summed E-state index contributed by atoms with van der Waals surface area (Å²) in [6.07, 6.45) is 2.89. The van der Waals surface area contributed by atoms with Crippen molar-refractivity contribution >= 4 is 11.7 Å². The second kappa shape index (κ2) is 3.31. The maximum Gasteiger partial charge on any atom is 0.316 e. The van der Waals surface area contributed by atoms with E-state index in [-0.39, 0.29) is 17.1 Å². The van der Waals surface area contributed by atoms with Gasteiger partial charge in [0.05, 0.1) is 17.4 Å². The van der Waals surface area contributed by atoms with E-state index >= 15 is 0 Å². The molecule has 1 spiro atoms. The predicted octanol–water partition coefficient (Wildman–Crippen LogP) is 2.19. The molecular formula is C13H13NO4. The minimum atomic E-state index is -0.545. The standard InChI is InChI=1S/C13H13NO4/c1-18-11(15)13(8-12(13)6-7-12)9-2-4-10(5-3-9)14(16)17/h2-5H,6-8H2,1H3. The summed E-state index contributed by atoms with van der Waals surface area (Å²) in [6.45, 7) is 0. The molecule has 18 heavy (non-hydrogen) atoms. The van der Waals surface area contributed by atoms with Crippen molar-refractivity contribution in [3.05, 3.63) is 39.9 Å². The molecule has 5 nitrogen and oxygen atoms in total. The summed E-state index contributed by atoms with van der Waals surface area (Å²) >= 11 is 0. The molecule has 0 N–H and O–H groups in total. The quantitative estimate of drug-likeness (QED) is 0.466. The van der Waals surface area contributed by atoms with Crippen LogP contribution in [0.15, 0.2) is 24.3 Å². The fourth-order valence-corrected chi connectivity index (χ4v) is 3.07. The number of carbonyl (C=O) groups excluding carboxylic acids is 1. The Hall–Kier alpha value is -1.91. The van der Waals surface area contributed by atoms with Crippen LogP contribution in [0, 0.1) is 15.5 Å². The summed E-state index contributed by atoms with van der Waals surface area (Å²) in [5, 5.41) is 10.6. The number of nitro groups is 1. The molecule has 1 atom stereocenters. The highest BCUT2D eigenvalue weighted by molar-refractivity contribution is 5.90. The maximum absolute atomic E-state index is 12.0. The average molecular weight is 247 g/mol. The molecule has 0 bridgehead atoms. The van der Waals surface area contributed by atoms with Gasteiger partial charge in [0.2, 0.25) is 0 Å². The van der Waals surface area contributed by atoms with Crippen LogP contribution in [0.1, 0.15) is 24.8 Å². The Morgan fingerprint density at radius 1 is 1.33 bits per heavy atom. The Morgan fingerprint density at radius 3 is 2.33 bits per heavy atom. The minimum Gasteiger partial charge on any atom is -0.468 e. The van der Waals surface area contributed by atoms with Crippen LogP contribution >= 0.6 is 0 Å². The number of esters is 1. The van der Waals surface area contributed by atoms with Crippen LogP contribution in [-0.4, -0.2) is 18.0 Å². The van der Waals surface area contributed by atoms with Gasteiger partial charge in [0.25, 0.3) is 5.69 Å². The fourth-order valence-electron chi connectivity index (χ4n) is 3.07. The van der Waals surface area contributed by atoms with Crippen LogP contribution in [0.4, 0.5) is 5.69 Å². The molecule has 1 unspecified atom stereocenters. The van der Waals surface area contributed by atoms with E-state index in [0.717, 1.165) is 24.8 Å². The molecule has 0 aliphatic heterocycles. The molecule has 0 radical (unpaired) electrons. The number of nitro benzene ring substituents is 1. The van der Waals surface area contributed by atoms with Crippen molar-refractivity contribution in [1.82, 2.24) is 0 Å². The molecule has 94 valence electrons. The summed E-state index contributed by atoms with van der Waals surface area (Å²) in [5.74, 6) is -0.214. The van der Waals surface area contributed by atoms with Crippen LogP contribution in [0.25, 0.3) is 0 Å². The van der Waals surface area contributed by atoms with Gasteiger partial charge in [-0.25, -0.2) is 0 Å². The zero-order valence-corrected chi connectivity index (χ0v) is 10.0. The summed E-state index contributed by atoms with van der Waals surface area (Å²) in [4.78, 5) is 22.2. The minimum absolute atomic E-state index is 0.0456. The highest BCUT2D eigenvalue weighted by Gasteiger charge is 2.79. The van der Waals surface area contributed by atoms with E-state index in [4.69, 9.17) is 4.74 Å². The van der Waals surface area contributed by atoms with E-state index in [1.54, 1.807) is 12.1 Å². The van der Waals surface area contributed by atoms with E-state index in [9.17, 15) is 14.9 Å². The first-order chi connectivity index (χ1) is 8.56. The number of non-ortho nitro benzene ring substituents is 1. The lowest BCUT2D eigenvalue weighted by molar-refractivity contribution is -0.384. The number of carbonyl (C=O) groups is 1. The Kier molecular flexibility index (Phi) is 2.06. The molecule has 0 aromatic heterocycles. The third-order valence-electron chi connectivity index (χ3n) is 4.34. The molecule has 2 aliphatic rings. The van der Waals surface area contributed by atoms with Gasteiger partial charge >= 0.3 is 5.97 Å². The summed E-state index contributed by atoms with van der Waals surface area (Å²) < 4.78 is 4.91. The van der Waals surface area contributed by atoms with Crippen LogP contribution in [0.2, 0.25) is 0 Å². The van der Waals surface area contributed by atoms with Crippen molar-refractivity contribution in [2.45, 2.75) is 24.7 Å². The topological polar surface area (TPSA) is 69.4 Å². The van der Waals surface area contributed by atoms with E-state index in [0.29, 0.717) is 0 Å². The van der Waals surface area contributed by atoms with Gasteiger partial charge in [-0.15, -0.1) is 0 Å². The lowest BCUT2D eigenvalue weighted by atomic mass is 9.92. The number of benzene rings is 1. The Labute approximate surface area is 104 Å². The van der Waals surface area contributed by atoms with E-state index in [2.05, 4.69) is 0 Å². The van der Waals surface area contributed by atoms with Gasteiger partial charge in [-0.3, -0.25) is 14.9 Å². The van der Waals surface area contributed by atoms with E-state index in [1.807, 2.05) is 0 Å². The highest BCUT2D eigenvalue weighted by atomic mass is 16.6. The maximum atomic E-state index is 12.0. The van der Waals surface area contributed by atoms with Crippen LogP contribution in [-0.2, 0) is 14.9 Å². The first-order valence-electron chi connectivity index (χ1n) is 5.89. The third-order valence-corrected chi connectivity index (χ3v) is 4.34. The van der Waals surface area contributed by atoms with Crippen molar-refractivity contribution in [3.8, 4) is 0 Å². The Morgan fingerprint density at radius 2 is 1.94 bits per heavy atom. The molecule has 2 saturated carbocycles. The summed E-state index contributed by atoms with van der Waals surface area (Å²) in [7, 11) is 1.39. The average Bonchev–Trinajstić information content (AvgIpc) is 3.29. The molecule has 0 saturated heterocycles. The van der Waals surface area contributed by atoms with Gasteiger partial charge in [0.15, 0.2) is 0 Å². The molecule has 5 heteroatoms. The predicted molar refractivity (Wildman–Crippen MR) is 63.1 cm³/mol. The van der Waals surface area contributed by atoms with Crippen molar-refractivity contribution in [3.63, 3.8) is 0 Å². The molecule has 3 rings (SSSR count). The lowest BCUT2D eigenvalue weighted by Gasteiger charge is -2.14. The van der Waals surface area contributed by atoms with Crippen LogP contribution < -0.4 is 0 Å². The number of rotatable bonds is 3. The fraction of sp³-hybridized carbons (Fsp3) is 0.462. The van der Waals surface area contributed by atoms with Gasteiger partial charge in [-0.05, 0) is 30.2 Å². The van der Waals surface area contributed by atoms with Crippen molar-refractivity contribution in [2.24, 2.45) is 5.41 Å².